The second-order valence-electron chi connectivity index (χ2n) is 5.72. The van der Waals surface area contributed by atoms with Crippen molar-refractivity contribution in [3.05, 3.63) is 67.8 Å². The summed E-state index contributed by atoms with van der Waals surface area (Å²) in [7, 11) is 1.72. The first-order valence-corrected chi connectivity index (χ1v) is 9.68. The topological polar surface area (TPSA) is 34.1 Å². The van der Waals surface area contributed by atoms with Gasteiger partial charge in [0.2, 0.25) is 0 Å². The first-order valence-electron chi connectivity index (χ1n) is 7.99. The second kappa shape index (κ2) is 9.34. The van der Waals surface area contributed by atoms with Crippen molar-refractivity contribution < 1.29 is 4.74 Å². The number of hydrogen-bond acceptors (Lipinski definition) is 5. The molecule has 0 bridgehead atoms. The zero-order chi connectivity index (χ0) is 16.9. The minimum Gasteiger partial charge on any atom is -0.496 e. The van der Waals surface area contributed by atoms with Crippen molar-refractivity contribution in [3.63, 3.8) is 0 Å². The second-order valence-corrected chi connectivity index (χ2v) is 7.99. The van der Waals surface area contributed by atoms with Crippen LogP contribution in [0.25, 0.3) is 0 Å². The van der Waals surface area contributed by atoms with Crippen molar-refractivity contribution in [2.45, 2.75) is 32.9 Å². The number of benzene rings is 1. The number of halogens is 1. The number of hydrogen-bond donors (Lipinski definition) is 1. The quantitative estimate of drug-likeness (QED) is 0.588. The molecule has 0 aliphatic rings. The highest BCUT2D eigenvalue weighted by Gasteiger charge is 2.18. The number of thiazole rings is 1. The number of rotatable bonds is 7. The van der Waals surface area contributed by atoms with E-state index in [1.807, 2.05) is 18.2 Å². The summed E-state index contributed by atoms with van der Waals surface area (Å²) < 4.78 is 5.46. The average molecular weight is 395 g/mol. The van der Waals surface area contributed by atoms with Gasteiger partial charge in [0.05, 0.1) is 18.8 Å². The van der Waals surface area contributed by atoms with E-state index in [4.69, 9.17) is 9.72 Å². The van der Waals surface area contributed by atoms with Gasteiger partial charge in [0, 0.05) is 28.3 Å². The van der Waals surface area contributed by atoms with E-state index in [-0.39, 0.29) is 18.4 Å². The zero-order valence-electron chi connectivity index (χ0n) is 14.6. The predicted octanol–water partition coefficient (Wildman–Crippen LogP) is 5.33. The molecule has 1 aromatic carbocycles. The molecule has 0 radical (unpaired) electrons. The number of ether oxygens (including phenoxy) is 1. The summed E-state index contributed by atoms with van der Waals surface area (Å²) in [4.78, 5) is 7.44. The molecule has 3 rings (SSSR count). The molecule has 134 valence electrons. The van der Waals surface area contributed by atoms with Crippen LogP contribution in [0, 0.1) is 13.8 Å². The number of thiophene rings is 1. The number of methoxy groups -OCH3 is 1. The lowest BCUT2D eigenvalue weighted by atomic mass is 10.1. The Morgan fingerprint density at radius 3 is 2.60 bits per heavy atom. The summed E-state index contributed by atoms with van der Waals surface area (Å²) in [6, 6.07) is 12.7. The van der Waals surface area contributed by atoms with Crippen molar-refractivity contribution in [1.82, 2.24) is 10.3 Å². The van der Waals surface area contributed by atoms with Crippen LogP contribution >= 0.6 is 35.1 Å². The first kappa shape index (κ1) is 19.9. The Labute approximate surface area is 163 Å². The molecule has 0 saturated carbocycles. The van der Waals surface area contributed by atoms with Crippen molar-refractivity contribution in [2.24, 2.45) is 0 Å². The third kappa shape index (κ3) is 5.05. The van der Waals surface area contributed by atoms with E-state index in [1.165, 1.54) is 15.3 Å². The van der Waals surface area contributed by atoms with Gasteiger partial charge < -0.3 is 10.1 Å². The predicted molar refractivity (Wildman–Crippen MR) is 109 cm³/mol. The van der Waals surface area contributed by atoms with E-state index in [2.05, 4.69) is 42.7 Å². The highest BCUT2D eigenvalue weighted by molar-refractivity contribution is 7.11. The summed E-state index contributed by atoms with van der Waals surface area (Å²) in [6.45, 7) is 4.98. The highest BCUT2D eigenvalue weighted by Crippen LogP contribution is 2.28. The molecule has 0 amide bonds. The Morgan fingerprint density at radius 2 is 1.96 bits per heavy atom. The molecular weight excluding hydrogens is 372 g/mol. The molecule has 1 N–H and O–H groups in total. The number of nitrogens with zero attached hydrogens (tertiary/aromatic N) is 1. The number of aromatic nitrogens is 1. The van der Waals surface area contributed by atoms with Crippen molar-refractivity contribution in [3.8, 4) is 5.75 Å². The zero-order valence-corrected chi connectivity index (χ0v) is 17.1. The van der Waals surface area contributed by atoms with E-state index >= 15 is 0 Å². The minimum atomic E-state index is 0. The van der Waals surface area contributed by atoms with Gasteiger partial charge in [-0.05, 0) is 31.4 Å². The lowest BCUT2D eigenvalue weighted by Crippen LogP contribution is -2.23. The van der Waals surface area contributed by atoms with Gasteiger partial charge in [-0.1, -0.05) is 24.3 Å². The lowest BCUT2D eigenvalue weighted by molar-refractivity contribution is 0.405. The fourth-order valence-corrected chi connectivity index (χ4v) is 4.36. The normalized spacial score (nSPS) is 11.8. The Kier molecular flexibility index (Phi) is 7.44. The third-order valence-corrected chi connectivity index (χ3v) is 6.15. The van der Waals surface area contributed by atoms with Gasteiger partial charge in [0.25, 0.3) is 0 Å². The van der Waals surface area contributed by atoms with Crippen LogP contribution in [0.15, 0.2) is 41.8 Å². The molecule has 25 heavy (non-hydrogen) atoms. The summed E-state index contributed by atoms with van der Waals surface area (Å²) in [5.41, 5.74) is 2.30. The number of nitrogens with one attached hydrogen (secondary N) is 1. The van der Waals surface area contributed by atoms with Gasteiger partial charge in [0.15, 0.2) is 0 Å². The maximum atomic E-state index is 5.46. The summed E-state index contributed by atoms with van der Waals surface area (Å²) in [6.07, 6.45) is 0.958. The highest BCUT2D eigenvalue weighted by atomic mass is 35.5. The molecule has 0 aliphatic heterocycles. The summed E-state index contributed by atoms with van der Waals surface area (Å²) in [5, 5.41) is 6.97. The minimum absolute atomic E-state index is 0. The van der Waals surface area contributed by atoms with Crippen LogP contribution in [0.4, 0.5) is 0 Å². The van der Waals surface area contributed by atoms with Crippen LogP contribution in [-0.2, 0) is 13.0 Å². The molecule has 0 aliphatic carbocycles. The smallest absolute Gasteiger partial charge is 0.123 e. The average Bonchev–Trinajstić information content (AvgIpc) is 3.22. The van der Waals surface area contributed by atoms with Crippen LogP contribution in [0.1, 0.15) is 32.1 Å². The molecule has 6 heteroatoms. The molecule has 0 fully saturated rings. The largest absolute Gasteiger partial charge is 0.496 e. The molecule has 1 unspecified atom stereocenters. The van der Waals surface area contributed by atoms with E-state index in [0.29, 0.717) is 0 Å². The molecule has 0 spiro atoms. The molecule has 2 heterocycles. The number of aryl methyl sites for hydroxylation is 2. The molecule has 2 aromatic heterocycles. The van der Waals surface area contributed by atoms with Crippen LogP contribution in [0.5, 0.6) is 5.75 Å². The van der Waals surface area contributed by atoms with E-state index in [1.54, 1.807) is 29.8 Å². The standard InChI is InChI=1S/C19H22N2OS2.ClH/c1-13-14(2)24-19(21-13)17(11-16-8-6-10-23-16)20-12-15-7-4-5-9-18(15)22-3;/h4-10,17,20H,11-12H2,1-3H3;1H. The molecule has 1 atom stereocenters. The van der Waals surface area contributed by atoms with E-state index in [9.17, 15) is 0 Å². The Hall–Kier alpha value is -1.40. The van der Waals surface area contributed by atoms with Gasteiger partial charge in [-0.2, -0.15) is 0 Å². The van der Waals surface area contributed by atoms with E-state index in [0.717, 1.165) is 29.4 Å². The van der Waals surface area contributed by atoms with Crippen LogP contribution in [0.3, 0.4) is 0 Å². The molecule has 0 saturated heterocycles. The van der Waals surface area contributed by atoms with Gasteiger partial charge in [-0.25, -0.2) is 4.98 Å². The number of para-hydroxylation sites is 1. The molecule has 3 aromatic rings. The summed E-state index contributed by atoms with van der Waals surface area (Å²) >= 11 is 3.59. The Balaban J connectivity index is 0.00000225. The monoisotopic (exact) mass is 394 g/mol. The maximum absolute atomic E-state index is 5.46. The van der Waals surface area contributed by atoms with Crippen molar-refractivity contribution in [1.29, 1.82) is 0 Å². The molecule has 3 nitrogen and oxygen atoms in total. The van der Waals surface area contributed by atoms with Gasteiger partial charge in [0.1, 0.15) is 10.8 Å². The van der Waals surface area contributed by atoms with Crippen molar-refractivity contribution in [2.75, 3.05) is 7.11 Å². The fourth-order valence-electron chi connectivity index (χ4n) is 2.61. The van der Waals surface area contributed by atoms with Gasteiger partial charge in [-0.15, -0.1) is 35.1 Å². The van der Waals surface area contributed by atoms with Crippen LogP contribution in [-0.4, -0.2) is 12.1 Å². The van der Waals surface area contributed by atoms with Gasteiger partial charge in [-0.3, -0.25) is 0 Å². The third-order valence-electron chi connectivity index (χ3n) is 4.06. The SMILES string of the molecule is COc1ccccc1CNC(Cc1cccs1)c1nc(C)c(C)s1.Cl. The Morgan fingerprint density at radius 1 is 1.16 bits per heavy atom. The van der Waals surface area contributed by atoms with Crippen LogP contribution < -0.4 is 10.1 Å². The van der Waals surface area contributed by atoms with Crippen molar-refractivity contribution >= 4 is 35.1 Å². The first-order chi connectivity index (χ1) is 11.7. The maximum Gasteiger partial charge on any atom is 0.123 e. The Bertz CT molecular complexity index is 767. The summed E-state index contributed by atoms with van der Waals surface area (Å²) in [5.74, 6) is 0.923. The van der Waals surface area contributed by atoms with E-state index < -0.39 is 0 Å². The lowest BCUT2D eigenvalue weighted by Gasteiger charge is -2.17. The fraction of sp³-hybridized carbons (Fsp3) is 0.316. The van der Waals surface area contributed by atoms with Crippen LogP contribution in [0.2, 0.25) is 0 Å². The van der Waals surface area contributed by atoms with Gasteiger partial charge >= 0.3 is 0 Å². The molecular formula is C19H23ClN2OS2.